The number of nitrogens with zero attached hydrogens (tertiary/aromatic N) is 1. The third-order valence-corrected chi connectivity index (χ3v) is 2.29. The molecule has 0 unspecified atom stereocenters. The second-order valence-electron chi connectivity index (χ2n) is 3.45. The molecule has 11 heavy (non-hydrogen) atoms. The molecule has 2 rings (SSSR count). The molecule has 1 aromatic rings. The summed E-state index contributed by atoms with van der Waals surface area (Å²) in [5.74, 6) is 2.73. The highest BCUT2D eigenvalue weighted by Crippen LogP contribution is 2.24. The molecule has 60 valence electrons. The molecule has 0 N–H and O–H groups in total. The van der Waals surface area contributed by atoms with Gasteiger partial charge in [-0.2, -0.15) is 0 Å². The molecule has 2 nitrogen and oxygen atoms in total. The van der Waals surface area contributed by atoms with Gasteiger partial charge in [-0.25, -0.2) is 4.98 Å². The highest BCUT2D eigenvalue weighted by atomic mass is 16.4. The number of hydrogen-bond donors (Lipinski definition) is 0. The van der Waals surface area contributed by atoms with Crippen molar-refractivity contribution in [2.75, 3.05) is 0 Å². The molecule has 2 heteroatoms. The maximum absolute atomic E-state index is 5.44. The Labute approximate surface area is 66.6 Å². The Bertz CT molecular complexity index is 265. The minimum Gasteiger partial charge on any atom is -0.446 e. The number of rotatable bonds is 0. The normalized spacial score (nSPS) is 23.3. The summed E-state index contributed by atoms with van der Waals surface area (Å²) in [7, 11) is 0. The predicted molar refractivity (Wildman–Crippen MR) is 42.4 cm³/mol. The molecule has 0 radical (unpaired) electrons. The van der Waals surface area contributed by atoms with Crippen molar-refractivity contribution in [3.05, 3.63) is 17.3 Å². The fraction of sp³-hybridized carbons (Fsp3) is 0.667. The van der Waals surface area contributed by atoms with Crippen LogP contribution >= 0.6 is 0 Å². The monoisotopic (exact) mass is 151 g/mol. The van der Waals surface area contributed by atoms with Crippen molar-refractivity contribution in [1.82, 2.24) is 4.98 Å². The van der Waals surface area contributed by atoms with Crippen LogP contribution in [-0.2, 0) is 12.8 Å². The summed E-state index contributed by atoms with van der Waals surface area (Å²) in [6, 6.07) is 0. The molecule has 0 bridgehead atoms. The van der Waals surface area contributed by atoms with Crippen LogP contribution in [-0.4, -0.2) is 4.98 Å². The Balaban J connectivity index is 2.34. The maximum atomic E-state index is 5.44. The van der Waals surface area contributed by atoms with Crippen molar-refractivity contribution in [2.45, 2.75) is 33.1 Å². The van der Waals surface area contributed by atoms with E-state index in [2.05, 4.69) is 11.9 Å². The molecule has 0 aliphatic heterocycles. The van der Waals surface area contributed by atoms with Crippen LogP contribution in [0.15, 0.2) is 4.42 Å². The van der Waals surface area contributed by atoms with E-state index in [1.165, 1.54) is 12.1 Å². The maximum Gasteiger partial charge on any atom is 0.191 e. The van der Waals surface area contributed by atoms with Gasteiger partial charge in [0.15, 0.2) is 5.89 Å². The number of hydrogen-bond acceptors (Lipinski definition) is 2. The highest BCUT2D eigenvalue weighted by Gasteiger charge is 2.19. The topological polar surface area (TPSA) is 26.0 Å². The predicted octanol–water partition coefficient (Wildman–Crippen LogP) is 2.11. The average Bonchev–Trinajstić information content (AvgIpc) is 2.27. The van der Waals surface area contributed by atoms with Gasteiger partial charge < -0.3 is 4.42 Å². The number of aryl methyl sites for hydroxylation is 2. The summed E-state index contributed by atoms with van der Waals surface area (Å²) >= 11 is 0. The smallest absolute Gasteiger partial charge is 0.191 e. The summed E-state index contributed by atoms with van der Waals surface area (Å²) in [6.45, 7) is 4.19. The van der Waals surface area contributed by atoms with E-state index in [9.17, 15) is 0 Å². The van der Waals surface area contributed by atoms with E-state index in [0.29, 0.717) is 0 Å². The Morgan fingerprint density at radius 1 is 1.55 bits per heavy atom. The van der Waals surface area contributed by atoms with Gasteiger partial charge in [0.05, 0.1) is 5.69 Å². The number of aromatic nitrogens is 1. The summed E-state index contributed by atoms with van der Waals surface area (Å²) in [5.41, 5.74) is 1.20. The lowest BCUT2D eigenvalue weighted by Crippen LogP contribution is -2.09. The van der Waals surface area contributed by atoms with E-state index in [0.717, 1.165) is 30.4 Å². The number of fused-ring (bicyclic) bond motifs is 1. The molecule has 1 aliphatic rings. The molecule has 0 saturated heterocycles. The Morgan fingerprint density at radius 3 is 3.18 bits per heavy atom. The molecule has 1 aromatic heterocycles. The summed E-state index contributed by atoms with van der Waals surface area (Å²) in [4.78, 5) is 4.33. The van der Waals surface area contributed by atoms with E-state index in [-0.39, 0.29) is 0 Å². The molecule has 0 amide bonds. The largest absolute Gasteiger partial charge is 0.446 e. The van der Waals surface area contributed by atoms with Crippen molar-refractivity contribution in [3.8, 4) is 0 Å². The Hall–Kier alpha value is -0.790. The number of oxazole rings is 1. The molecular weight excluding hydrogens is 138 g/mol. The van der Waals surface area contributed by atoms with Crippen LogP contribution in [0.4, 0.5) is 0 Å². The fourth-order valence-electron chi connectivity index (χ4n) is 1.68. The van der Waals surface area contributed by atoms with Crippen molar-refractivity contribution >= 4 is 0 Å². The third-order valence-electron chi connectivity index (χ3n) is 2.29. The first-order valence-electron chi connectivity index (χ1n) is 4.21. The first-order chi connectivity index (χ1) is 5.25. The van der Waals surface area contributed by atoms with Crippen molar-refractivity contribution < 1.29 is 4.42 Å². The molecule has 1 atom stereocenters. The molecule has 0 fully saturated rings. The molecule has 0 aromatic carbocycles. The summed E-state index contributed by atoms with van der Waals surface area (Å²) in [5, 5.41) is 0. The zero-order chi connectivity index (χ0) is 7.84. The van der Waals surface area contributed by atoms with Crippen molar-refractivity contribution in [3.63, 3.8) is 0 Å². The molecular formula is C9H13NO. The second-order valence-corrected chi connectivity index (χ2v) is 3.45. The van der Waals surface area contributed by atoms with Gasteiger partial charge in [-0.1, -0.05) is 6.92 Å². The van der Waals surface area contributed by atoms with Gasteiger partial charge in [0.2, 0.25) is 0 Å². The SMILES string of the molecule is Cc1nc2c(o1)CC[C@H](C)C2. The fourth-order valence-corrected chi connectivity index (χ4v) is 1.68. The van der Waals surface area contributed by atoms with Crippen LogP contribution in [0.25, 0.3) is 0 Å². The van der Waals surface area contributed by atoms with Gasteiger partial charge in [0.1, 0.15) is 5.76 Å². The zero-order valence-electron chi connectivity index (χ0n) is 7.05. The zero-order valence-corrected chi connectivity index (χ0v) is 7.05. The standard InChI is InChI=1S/C9H13NO/c1-6-3-4-9-8(5-6)10-7(2)11-9/h6H,3-5H2,1-2H3/t6-/m0/s1. The molecule has 1 heterocycles. The second kappa shape index (κ2) is 2.36. The molecule has 1 aliphatic carbocycles. The third kappa shape index (κ3) is 1.17. The van der Waals surface area contributed by atoms with Gasteiger partial charge >= 0.3 is 0 Å². The van der Waals surface area contributed by atoms with Gasteiger partial charge in [-0.3, -0.25) is 0 Å². The van der Waals surface area contributed by atoms with E-state index in [1.54, 1.807) is 0 Å². The van der Waals surface area contributed by atoms with Gasteiger partial charge in [-0.05, 0) is 18.8 Å². The molecule has 0 saturated carbocycles. The first-order valence-corrected chi connectivity index (χ1v) is 4.21. The lowest BCUT2D eigenvalue weighted by atomic mass is 9.92. The lowest BCUT2D eigenvalue weighted by molar-refractivity contribution is 0.415. The quantitative estimate of drug-likeness (QED) is 0.567. The minimum atomic E-state index is 0.784. The first kappa shape index (κ1) is 6.89. The van der Waals surface area contributed by atoms with E-state index in [1.807, 2.05) is 6.92 Å². The van der Waals surface area contributed by atoms with Gasteiger partial charge in [0.25, 0.3) is 0 Å². The van der Waals surface area contributed by atoms with E-state index < -0.39 is 0 Å². The molecule has 0 spiro atoms. The highest BCUT2D eigenvalue weighted by molar-refractivity contribution is 5.13. The van der Waals surface area contributed by atoms with Gasteiger partial charge in [0, 0.05) is 13.3 Å². The van der Waals surface area contributed by atoms with Crippen molar-refractivity contribution in [1.29, 1.82) is 0 Å². The van der Waals surface area contributed by atoms with E-state index in [4.69, 9.17) is 4.42 Å². The van der Waals surface area contributed by atoms with Crippen molar-refractivity contribution in [2.24, 2.45) is 5.92 Å². The van der Waals surface area contributed by atoms with Crippen LogP contribution in [0.2, 0.25) is 0 Å². The average molecular weight is 151 g/mol. The lowest BCUT2D eigenvalue weighted by Gasteiger charge is -2.14. The van der Waals surface area contributed by atoms with Crippen LogP contribution in [0.3, 0.4) is 0 Å². The van der Waals surface area contributed by atoms with Crippen LogP contribution in [0.5, 0.6) is 0 Å². The van der Waals surface area contributed by atoms with Crippen LogP contribution < -0.4 is 0 Å². The minimum absolute atomic E-state index is 0.784. The van der Waals surface area contributed by atoms with E-state index >= 15 is 0 Å². The van der Waals surface area contributed by atoms with Crippen LogP contribution in [0.1, 0.15) is 30.7 Å². The summed E-state index contributed by atoms with van der Waals surface area (Å²) in [6.07, 6.45) is 3.44. The van der Waals surface area contributed by atoms with Crippen LogP contribution in [0, 0.1) is 12.8 Å². The Kier molecular flexibility index (Phi) is 1.48. The summed E-state index contributed by atoms with van der Waals surface area (Å²) < 4.78 is 5.44. The Morgan fingerprint density at radius 2 is 2.36 bits per heavy atom. The van der Waals surface area contributed by atoms with Gasteiger partial charge in [-0.15, -0.1) is 0 Å².